The Balaban J connectivity index is 2.06. The molecule has 0 atom stereocenters. The van der Waals surface area contributed by atoms with Gasteiger partial charge in [0, 0.05) is 12.6 Å². The number of anilines is 1. The summed E-state index contributed by atoms with van der Waals surface area (Å²) >= 11 is 0. The molecule has 0 heterocycles. The van der Waals surface area contributed by atoms with Crippen LogP contribution >= 0.6 is 0 Å². The summed E-state index contributed by atoms with van der Waals surface area (Å²) in [5.74, 6) is 0. The molecule has 1 aliphatic rings. The smallest absolute Gasteiger partial charge is 0.292 e. The van der Waals surface area contributed by atoms with Gasteiger partial charge < -0.3 is 5.32 Å². The van der Waals surface area contributed by atoms with Crippen LogP contribution in [0.2, 0.25) is 0 Å². The zero-order chi connectivity index (χ0) is 11.6. The summed E-state index contributed by atoms with van der Waals surface area (Å²) in [7, 11) is 0. The highest BCUT2D eigenvalue weighted by Gasteiger charge is 2.40. The van der Waals surface area contributed by atoms with E-state index in [1.165, 1.54) is 18.9 Å². The summed E-state index contributed by atoms with van der Waals surface area (Å²) in [6, 6.07) is 6.81. The monoisotopic (exact) mass is 220 g/mol. The molecule has 16 heavy (non-hydrogen) atoms. The Kier molecular flexibility index (Phi) is 2.81. The van der Waals surface area contributed by atoms with Gasteiger partial charge in [0.1, 0.15) is 5.69 Å². The molecule has 0 aliphatic heterocycles. The quantitative estimate of drug-likeness (QED) is 0.612. The SMILES string of the molecule is CCC1(CNc2ccccc2[N+](=O)[O-])CC1. The first kappa shape index (κ1) is 10.9. The maximum Gasteiger partial charge on any atom is 0.292 e. The van der Waals surface area contributed by atoms with E-state index < -0.39 is 0 Å². The third-order valence-corrected chi connectivity index (χ3v) is 3.46. The van der Waals surface area contributed by atoms with Crippen molar-refractivity contribution in [2.24, 2.45) is 5.41 Å². The highest BCUT2D eigenvalue weighted by atomic mass is 16.6. The van der Waals surface area contributed by atoms with Crippen LogP contribution in [0, 0.1) is 15.5 Å². The van der Waals surface area contributed by atoms with Crippen LogP contribution in [0.25, 0.3) is 0 Å². The van der Waals surface area contributed by atoms with Gasteiger partial charge in [-0.15, -0.1) is 0 Å². The van der Waals surface area contributed by atoms with Crippen LogP contribution in [-0.4, -0.2) is 11.5 Å². The van der Waals surface area contributed by atoms with Crippen molar-refractivity contribution in [3.8, 4) is 0 Å². The Labute approximate surface area is 94.8 Å². The average molecular weight is 220 g/mol. The van der Waals surface area contributed by atoms with Crippen LogP contribution in [0.5, 0.6) is 0 Å². The first-order chi connectivity index (χ1) is 7.67. The number of nitrogens with one attached hydrogen (secondary N) is 1. The number of para-hydroxylation sites is 2. The molecule has 0 saturated heterocycles. The van der Waals surface area contributed by atoms with E-state index in [0.717, 1.165) is 13.0 Å². The number of nitro groups is 1. The first-order valence-corrected chi connectivity index (χ1v) is 5.64. The molecule has 1 saturated carbocycles. The minimum atomic E-state index is -0.339. The van der Waals surface area contributed by atoms with Gasteiger partial charge in [-0.05, 0) is 30.7 Å². The number of rotatable bonds is 5. The lowest BCUT2D eigenvalue weighted by molar-refractivity contribution is -0.384. The highest BCUT2D eigenvalue weighted by molar-refractivity contribution is 5.61. The zero-order valence-electron chi connectivity index (χ0n) is 9.40. The number of hydrogen-bond acceptors (Lipinski definition) is 3. The summed E-state index contributed by atoms with van der Waals surface area (Å²) in [5.41, 5.74) is 1.19. The third-order valence-electron chi connectivity index (χ3n) is 3.46. The molecule has 0 radical (unpaired) electrons. The molecule has 1 aromatic rings. The van der Waals surface area contributed by atoms with Crippen LogP contribution in [-0.2, 0) is 0 Å². The molecular formula is C12H16N2O2. The van der Waals surface area contributed by atoms with Crippen molar-refractivity contribution in [2.45, 2.75) is 26.2 Å². The topological polar surface area (TPSA) is 55.2 Å². The Morgan fingerprint density at radius 3 is 2.69 bits per heavy atom. The Morgan fingerprint density at radius 1 is 1.44 bits per heavy atom. The van der Waals surface area contributed by atoms with E-state index in [2.05, 4.69) is 12.2 Å². The van der Waals surface area contributed by atoms with E-state index in [4.69, 9.17) is 0 Å². The molecule has 1 aromatic carbocycles. The Hall–Kier alpha value is -1.58. The van der Waals surface area contributed by atoms with Crippen LogP contribution in [0.1, 0.15) is 26.2 Å². The second kappa shape index (κ2) is 4.12. The second-order valence-electron chi connectivity index (χ2n) is 4.48. The van der Waals surface area contributed by atoms with Gasteiger partial charge in [0.05, 0.1) is 4.92 Å². The fourth-order valence-corrected chi connectivity index (χ4v) is 1.90. The minimum Gasteiger partial charge on any atom is -0.379 e. The molecule has 2 rings (SSSR count). The Morgan fingerprint density at radius 2 is 2.12 bits per heavy atom. The molecule has 4 nitrogen and oxygen atoms in total. The lowest BCUT2D eigenvalue weighted by atomic mass is 10.0. The Bertz CT molecular complexity index is 400. The van der Waals surface area contributed by atoms with Gasteiger partial charge in [0.15, 0.2) is 0 Å². The first-order valence-electron chi connectivity index (χ1n) is 5.64. The van der Waals surface area contributed by atoms with Crippen molar-refractivity contribution >= 4 is 11.4 Å². The van der Waals surface area contributed by atoms with Gasteiger partial charge in [-0.3, -0.25) is 10.1 Å². The molecule has 1 aliphatic carbocycles. The molecule has 1 N–H and O–H groups in total. The van der Waals surface area contributed by atoms with Gasteiger partial charge in [0.25, 0.3) is 5.69 Å². The van der Waals surface area contributed by atoms with E-state index >= 15 is 0 Å². The molecule has 1 fully saturated rings. The molecular weight excluding hydrogens is 204 g/mol. The number of hydrogen-bond donors (Lipinski definition) is 1. The van der Waals surface area contributed by atoms with E-state index in [1.807, 2.05) is 6.07 Å². The van der Waals surface area contributed by atoms with E-state index in [-0.39, 0.29) is 10.6 Å². The normalized spacial score (nSPS) is 16.8. The summed E-state index contributed by atoms with van der Waals surface area (Å²) < 4.78 is 0. The van der Waals surface area contributed by atoms with Crippen molar-refractivity contribution in [2.75, 3.05) is 11.9 Å². The van der Waals surface area contributed by atoms with Gasteiger partial charge in [-0.1, -0.05) is 19.1 Å². The van der Waals surface area contributed by atoms with E-state index in [0.29, 0.717) is 11.1 Å². The minimum absolute atomic E-state index is 0.161. The molecule has 86 valence electrons. The van der Waals surface area contributed by atoms with Crippen molar-refractivity contribution in [3.63, 3.8) is 0 Å². The van der Waals surface area contributed by atoms with Crippen LogP contribution in [0.15, 0.2) is 24.3 Å². The molecule has 0 unspecified atom stereocenters. The maximum atomic E-state index is 10.8. The largest absolute Gasteiger partial charge is 0.379 e. The average Bonchev–Trinajstić information content (AvgIpc) is 3.07. The number of nitro benzene ring substituents is 1. The van der Waals surface area contributed by atoms with Crippen molar-refractivity contribution in [3.05, 3.63) is 34.4 Å². The van der Waals surface area contributed by atoms with Crippen LogP contribution in [0.3, 0.4) is 0 Å². The summed E-state index contributed by atoms with van der Waals surface area (Å²) in [4.78, 5) is 10.5. The molecule has 0 amide bonds. The van der Waals surface area contributed by atoms with E-state index in [1.54, 1.807) is 12.1 Å². The lowest BCUT2D eigenvalue weighted by Gasteiger charge is -2.14. The zero-order valence-corrected chi connectivity index (χ0v) is 9.40. The van der Waals surface area contributed by atoms with Gasteiger partial charge in [0.2, 0.25) is 0 Å². The van der Waals surface area contributed by atoms with Crippen molar-refractivity contribution in [1.29, 1.82) is 0 Å². The molecule has 0 bridgehead atoms. The summed E-state index contributed by atoms with van der Waals surface area (Å²) in [5, 5.41) is 14.0. The van der Waals surface area contributed by atoms with Gasteiger partial charge >= 0.3 is 0 Å². The molecule has 0 aromatic heterocycles. The predicted molar refractivity (Wildman–Crippen MR) is 63.5 cm³/mol. The number of benzene rings is 1. The van der Waals surface area contributed by atoms with Gasteiger partial charge in [-0.2, -0.15) is 0 Å². The second-order valence-corrected chi connectivity index (χ2v) is 4.48. The molecule has 4 heteroatoms. The maximum absolute atomic E-state index is 10.8. The fourth-order valence-electron chi connectivity index (χ4n) is 1.90. The summed E-state index contributed by atoms with van der Waals surface area (Å²) in [6.07, 6.45) is 3.61. The predicted octanol–water partition coefficient (Wildman–Crippen LogP) is 3.20. The van der Waals surface area contributed by atoms with Crippen LogP contribution < -0.4 is 5.32 Å². The fraction of sp³-hybridized carbons (Fsp3) is 0.500. The standard InChI is InChI=1S/C12H16N2O2/c1-2-12(7-8-12)9-13-10-5-3-4-6-11(10)14(15)16/h3-6,13H,2,7-9H2,1H3. The highest BCUT2D eigenvalue weighted by Crippen LogP contribution is 2.48. The molecule has 0 spiro atoms. The van der Waals surface area contributed by atoms with Gasteiger partial charge in [-0.25, -0.2) is 0 Å². The van der Waals surface area contributed by atoms with Crippen LogP contribution in [0.4, 0.5) is 11.4 Å². The number of nitrogens with zero attached hydrogens (tertiary/aromatic N) is 1. The summed E-state index contributed by atoms with van der Waals surface area (Å²) in [6.45, 7) is 3.02. The van der Waals surface area contributed by atoms with Crippen molar-refractivity contribution < 1.29 is 4.92 Å². The van der Waals surface area contributed by atoms with E-state index in [9.17, 15) is 10.1 Å². The van der Waals surface area contributed by atoms with Crippen molar-refractivity contribution in [1.82, 2.24) is 0 Å². The lowest BCUT2D eigenvalue weighted by Crippen LogP contribution is -2.15. The third kappa shape index (κ3) is 2.15.